The highest BCUT2D eigenvalue weighted by Crippen LogP contribution is 2.22. The van der Waals surface area contributed by atoms with Gasteiger partial charge in [0.15, 0.2) is 0 Å². The minimum Gasteiger partial charge on any atom is -0.321 e. The van der Waals surface area contributed by atoms with Gasteiger partial charge in [-0.1, -0.05) is 17.9 Å². The van der Waals surface area contributed by atoms with Gasteiger partial charge < -0.3 is 11.1 Å². The molecule has 0 aliphatic heterocycles. The fraction of sp³-hybridized carbons (Fsp3) is 0.235. The summed E-state index contributed by atoms with van der Waals surface area (Å²) < 4.78 is 0. The maximum Gasteiger partial charge on any atom is 0.265 e. The second kappa shape index (κ2) is 6.57. The van der Waals surface area contributed by atoms with Gasteiger partial charge in [-0.2, -0.15) is 0 Å². The summed E-state index contributed by atoms with van der Waals surface area (Å²) in [6, 6.07) is 7.62. The number of nitrogens with two attached hydrogens (primary N) is 1. The van der Waals surface area contributed by atoms with Crippen molar-refractivity contribution in [3.8, 4) is 11.8 Å². The van der Waals surface area contributed by atoms with E-state index in [1.807, 2.05) is 45.0 Å². The highest BCUT2D eigenvalue weighted by atomic mass is 32.1. The van der Waals surface area contributed by atoms with Gasteiger partial charge in [-0.15, -0.1) is 11.3 Å². The maximum absolute atomic E-state index is 12.2. The molecule has 0 fully saturated rings. The van der Waals surface area contributed by atoms with Crippen molar-refractivity contribution < 1.29 is 4.79 Å². The lowest BCUT2D eigenvalue weighted by molar-refractivity contribution is 0.103. The van der Waals surface area contributed by atoms with E-state index in [9.17, 15) is 4.79 Å². The van der Waals surface area contributed by atoms with Crippen LogP contribution in [0.15, 0.2) is 24.3 Å². The zero-order valence-electron chi connectivity index (χ0n) is 12.4. The largest absolute Gasteiger partial charge is 0.321 e. The van der Waals surface area contributed by atoms with E-state index in [0.29, 0.717) is 6.54 Å². The van der Waals surface area contributed by atoms with Crippen molar-refractivity contribution in [1.29, 1.82) is 0 Å². The van der Waals surface area contributed by atoms with E-state index in [0.717, 1.165) is 27.3 Å². The average Bonchev–Trinajstić information content (AvgIpc) is 2.79. The number of hydrogen-bond donors (Lipinski definition) is 2. The lowest BCUT2D eigenvalue weighted by atomic mass is 10.1. The van der Waals surface area contributed by atoms with Crippen LogP contribution in [0.5, 0.6) is 0 Å². The minimum absolute atomic E-state index is 0.0854. The van der Waals surface area contributed by atoms with Crippen LogP contribution in [0, 0.1) is 32.6 Å². The van der Waals surface area contributed by atoms with Gasteiger partial charge in [0, 0.05) is 16.1 Å². The quantitative estimate of drug-likeness (QED) is 0.836. The molecule has 0 aliphatic rings. The van der Waals surface area contributed by atoms with Gasteiger partial charge in [-0.3, -0.25) is 4.79 Å². The third-order valence-corrected chi connectivity index (χ3v) is 4.36. The van der Waals surface area contributed by atoms with Crippen molar-refractivity contribution in [2.75, 3.05) is 11.9 Å². The van der Waals surface area contributed by atoms with E-state index in [2.05, 4.69) is 17.2 Å². The summed E-state index contributed by atoms with van der Waals surface area (Å²) >= 11 is 1.51. The molecule has 0 spiro atoms. The van der Waals surface area contributed by atoms with Gasteiger partial charge in [0.2, 0.25) is 0 Å². The van der Waals surface area contributed by atoms with Gasteiger partial charge in [0.25, 0.3) is 5.91 Å². The molecule has 4 heteroatoms. The summed E-state index contributed by atoms with van der Waals surface area (Å²) in [7, 11) is 0. The smallest absolute Gasteiger partial charge is 0.265 e. The second-order valence-corrected chi connectivity index (χ2v) is 6.10. The number of benzene rings is 1. The summed E-state index contributed by atoms with van der Waals surface area (Å²) in [5.41, 5.74) is 9.24. The summed E-state index contributed by atoms with van der Waals surface area (Å²) in [5, 5.41) is 2.92. The number of rotatable bonds is 2. The molecule has 3 nitrogen and oxygen atoms in total. The molecule has 0 unspecified atom stereocenters. The van der Waals surface area contributed by atoms with Gasteiger partial charge in [-0.25, -0.2) is 0 Å². The predicted octanol–water partition coefficient (Wildman–Crippen LogP) is 3.24. The van der Waals surface area contributed by atoms with Crippen LogP contribution < -0.4 is 11.1 Å². The van der Waals surface area contributed by atoms with Crippen LogP contribution in [-0.2, 0) is 0 Å². The van der Waals surface area contributed by atoms with E-state index in [1.165, 1.54) is 16.2 Å². The molecule has 0 saturated heterocycles. The summed E-state index contributed by atoms with van der Waals surface area (Å²) in [4.78, 5) is 14.1. The van der Waals surface area contributed by atoms with E-state index in [1.54, 1.807) is 0 Å². The Morgan fingerprint density at radius 3 is 2.62 bits per heavy atom. The number of amides is 1. The van der Waals surface area contributed by atoms with Gasteiger partial charge in [0.1, 0.15) is 0 Å². The van der Waals surface area contributed by atoms with Crippen LogP contribution in [0.2, 0.25) is 0 Å². The van der Waals surface area contributed by atoms with Crippen molar-refractivity contribution in [2.45, 2.75) is 20.8 Å². The number of thiophene rings is 1. The van der Waals surface area contributed by atoms with Crippen LogP contribution in [0.4, 0.5) is 5.69 Å². The molecule has 2 aromatic rings. The number of anilines is 1. The topological polar surface area (TPSA) is 55.1 Å². The fourth-order valence-electron chi connectivity index (χ4n) is 1.86. The summed E-state index contributed by atoms with van der Waals surface area (Å²) in [6.07, 6.45) is 0. The van der Waals surface area contributed by atoms with Gasteiger partial charge in [-0.05, 0) is 50.1 Å². The second-order valence-electron chi connectivity index (χ2n) is 4.84. The highest BCUT2D eigenvalue weighted by Gasteiger charge is 2.11. The van der Waals surface area contributed by atoms with Crippen LogP contribution >= 0.6 is 11.3 Å². The first-order valence-corrected chi connectivity index (χ1v) is 7.51. The van der Waals surface area contributed by atoms with Crippen LogP contribution in [0.1, 0.15) is 31.2 Å². The van der Waals surface area contributed by atoms with Crippen LogP contribution in [-0.4, -0.2) is 12.5 Å². The zero-order chi connectivity index (χ0) is 15.4. The molecule has 0 saturated carbocycles. The van der Waals surface area contributed by atoms with Gasteiger partial charge >= 0.3 is 0 Å². The first kappa shape index (κ1) is 15.3. The molecule has 0 atom stereocenters. The van der Waals surface area contributed by atoms with Crippen LogP contribution in [0.3, 0.4) is 0 Å². The number of nitrogens with one attached hydrogen (secondary N) is 1. The molecule has 1 heterocycles. The lowest BCUT2D eigenvalue weighted by Gasteiger charge is -2.06. The molecule has 108 valence electrons. The Labute approximate surface area is 129 Å². The van der Waals surface area contributed by atoms with Crippen LogP contribution in [0.25, 0.3) is 0 Å². The molecule has 1 aromatic carbocycles. The van der Waals surface area contributed by atoms with E-state index < -0.39 is 0 Å². The number of aryl methyl sites for hydroxylation is 3. The third kappa shape index (κ3) is 3.72. The molecule has 0 radical (unpaired) electrons. The number of carbonyl (C=O) groups excluding carboxylic acids is 1. The summed E-state index contributed by atoms with van der Waals surface area (Å²) in [5.74, 6) is 5.77. The maximum atomic E-state index is 12.2. The number of hydrogen-bond acceptors (Lipinski definition) is 3. The first-order valence-electron chi connectivity index (χ1n) is 6.69. The average molecular weight is 298 g/mol. The Hall–Kier alpha value is -2.09. The Balaban J connectivity index is 2.21. The normalized spacial score (nSPS) is 9.90. The zero-order valence-corrected chi connectivity index (χ0v) is 13.2. The molecule has 0 bridgehead atoms. The molecule has 1 amide bonds. The minimum atomic E-state index is -0.0854. The molecule has 2 rings (SSSR count). The number of carbonyl (C=O) groups is 1. The van der Waals surface area contributed by atoms with E-state index in [-0.39, 0.29) is 5.91 Å². The lowest BCUT2D eigenvalue weighted by Crippen LogP contribution is -2.10. The fourth-order valence-corrected chi connectivity index (χ4v) is 2.79. The van der Waals surface area contributed by atoms with E-state index >= 15 is 0 Å². The molecular formula is C17H18N2OS. The Bertz CT molecular complexity index is 715. The Kier molecular flexibility index (Phi) is 4.79. The van der Waals surface area contributed by atoms with Crippen molar-refractivity contribution in [3.05, 3.63) is 50.7 Å². The van der Waals surface area contributed by atoms with Crippen molar-refractivity contribution in [3.63, 3.8) is 0 Å². The molecule has 1 aromatic heterocycles. The van der Waals surface area contributed by atoms with Gasteiger partial charge in [0.05, 0.1) is 11.4 Å². The molecular weight excluding hydrogens is 280 g/mol. The van der Waals surface area contributed by atoms with Crippen molar-refractivity contribution in [1.82, 2.24) is 0 Å². The Morgan fingerprint density at radius 2 is 2.00 bits per heavy atom. The standard InChI is InChI=1S/C17H18N2OS/c1-11-6-7-15(10-14(11)5-4-8-18)19-17(20)16-9-12(2)13(3)21-16/h6-7,9-10H,8,18H2,1-3H3,(H,19,20). The monoisotopic (exact) mass is 298 g/mol. The highest BCUT2D eigenvalue weighted by molar-refractivity contribution is 7.14. The predicted molar refractivity (Wildman–Crippen MR) is 88.9 cm³/mol. The first-order chi connectivity index (χ1) is 10.0. The molecule has 0 aliphatic carbocycles. The SMILES string of the molecule is Cc1ccc(NC(=O)c2cc(C)c(C)s2)cc1C#CCN. The van der Waals surface area contributed by atoms with E-state index in [4.69, 9.17) is 5.73 Å². The molecule has 3 N–H and O–H groups in total. The Morgan fingerprint density at radius 1 is 1.24 bits per heavy atom. The van der Waals surface area contributed by atoms with Crippen molar-refractivity contribution >= 4 is 22.9 Å². The molecule has 21 heavy (non-hydrogen) atoms. The summed E-state index contributed by atoms with van der Waals surface area (Å²) in [6.45, 7) is 6.33. The third-order valence-electron chi connectivity index (χ3n) is 3.21. The van der Waals surface area contributed by atoms with Crippen molar-refractivity contribution in [2.24, 2.45) is 5.73 Å².